The van der Waals surface area contributed by atoms with Gasteiger partial charge in [-0.05, 0) is 36.6 Å². The van der Waals surface area contributed by atoms with Crippen LogP contribution in [0.4, 0.5) is 0 Å². The second-order valence-electron chi connectivity index (χ2n) is 6.43. The molecule has 1 N–H and O–H groups in total. The quantitative estimate of drug-likeness (QED) is 0.590. The topological polar surface area (TPSA) is 56.1 Å². The summed E-state index contributed by atoms with van der Waals surface area (Å²) in [6, 6.07) is 20.0. The van der Waals surface area contributed by atoms with Crippen LogP contribution in [0.25, 0.3) is 5.69 Å². The van der Waals surface area contributed by atoms with Crippen LogP contribution in [0.2, 0.25) is 0 Å². The zero-order valence-corrected chi connectivity index (χ0v) is 15.5. The highest BCUT2D eigenvalue weighted by Crippen LogP contribution is 2.15. The maximum atomic E-state index is 12.1. The number of benzene rings is 2. The molecule has 0 aliphatic rings. The minimum absolute atomic E-state index is 0.00119. The lowest BCUT2D eigenvalue weighted by molar-refractivity contribution is -0.120. The van der Waals surface area contributed by atoms with Gasteiger partial charge in [-0.3, -0.25) is 4.79 Å². The summed E-state index contributed by atoms with van der Waals surface area (Å²) in [4.78, 5) is 12.1. The highest BCUT2D eigenvalue weighted by atomic mass is 16.5. The number of hydrogen-bond donors (Lipinski definition) is 1. The van der Waals surface area contributed by atoms with Crippen LogP contribution < -0.4 is 5.32 Å². The maximum Gasteiger partial charge on any atom is 0.224 e. The number of rotatable bonds is 9. The van der Waals surface area contributed by atoms with Gasteiger partial charge in [-0.2, -0.15) is 5.10 Å². The third kappa shape index (κ3) is 5.79. The van der Waals surface area contributed by atoms with E-state index in [1.807, 2.05) is 61.7 Å². The Balaban J connectivity index is 1.35. The van der Waals surface area contributed by atoms with Crippen molar-refractivity contribution in [3.05, 3.63) is 84.2 Å². The minimum Gasteiger partial charge on any atom is -0.374 e. The number of para-hydroxylation sites is 1. The van der Waals surface area contributed by atoms with E-state index >= 15 is 0 Å². The van der Waals surface area contributed by atoms with Crippen molar-refractivity contribution in [3.8, 4) is 5.69 Å². The molecule has 1 unspecified atom stereocenters. The van der Waals surface area contributed by atoms with Crippen LogP contribution in [-0.2, 0) is 16.0 Å². The van der Waals surface area contributed by atoms with E-state index < -0.39 is 0 Å². The summed E-state index contributed by atoms with van der Waals surface area (Å²) in [5.74, 6) is -0.00119. The van der Waals surface area contributed by atoms with E-state index in [0.717, 1.165) is 23.2 Å². The highest BCUT2D eigenvalue weighted by molar-refractivity contribution is 5.78. The van der Waals surface area contributed by atoms with Crippen molar-refractivity contribution in [3.63, 3.8) is 0 Å². The first-order chi connectivity index (χ1) is 13.2. The zero-order chi connectivity index (χ0) is 18.9. The monoisotopic (exact) mass is 363 g/mol. The fraction of sp³-hybridized carbons (Fsp3) is 0.273. The molecule has 0 aliphatic heterocycles. The van der Waals surface area contributed by atoms with Crippen molar-refractivity contribution in [1.29, 1.82) is 0 Å². The van der Waals surface area contributed by atoms with Crippen LogP contribution in [0.1, 0.15) is 30.6 Å². The van der Waals surface area contributed by atoms with E-state index in [9.17, 15) is 4.79 Å². The Morgan fingerprint density at radius 1 is 1.11 bits per heavy atom. The second kappa shape index (κ2) is 9.69. The van der Waals surface area contributed by atoms with Crippen molar-refractivity contribution in [1.82, 2.24) is 15.1 Å². The number of ether oxygens (including phenoxy) is 1. The van der Waals surface area contributed by atoms with E-state index in [1.54, 1.807) is 10.9 Å². The Bertz CT molecular complexity index is 831. The Labute approximate surface area is 160 Å². The molecule has 1 heterocycles. The summed E-state index contributed by atoms with van der Waals surface area (Å²) in [7, 11) is 0. The summed E-state index contributed by atoms with van der Waals surface area (Å²) in [5.41, 5.74) is 3.04. The van der Waals surface area contributed by atoms with E-state index in [2.05, 4.69) is 22.5 Å². The molecule has 2 aromatic carbocycles. The van der Waals surface area contributed by atoms with Crippen molar-refractivity contribution in [2.45, 2.75) is 25.9 Å². The lowest BCUT2D eigenvalue weighted by atomic mass is 10.1. The standard InChI is InChI=1S/C22H25N3O2/c1-18(20-9-4-2-5-10-20)27-14-8-13-23-22(26)15-19-16-24-25(17-19)21-11-6-3-7-12-21/h2-7,9-12,16-18H,8,13-15H2,1H3,(H,23,26). The molecule has 140 valence electrons. The van der Waals surface area contributed by atoms with Gasteiger partial charge in [0.15, 0.2) is 0 Å². The van der Waals surface area contributed by atoms with Crippen LogP contribution in [0.15, 0.2) is 73.1 Å². The van der Waals surface area contributed by atoms with Gasteiger partial charge < -0.3 is 10.1 Å². The Kier molecular flexibility index (Phi) is 6.77. The van der Waals surface area contributed by atoms with Crippen LogP contribution in [0, 0.1) is 0 Å². The molecule has 0 bridgehead atoms. The fourth-order valence-corrected chi connectivity index (χ4v) is 2.80. The number of aromatic nitrogens is 2. The average Bonchev–Trinajstić information content (AvgIpc) is 3.17. The van der Waals surface area contributed by atoms with E-state index in [-0.39, 0.29) is 12.0 Å². The molecular formula is C22H25N3O2. The first kappa shape index (κ1) is 18.9. The molecule has 0 fully saturated rings. The third-order valence-corrected chi connectivity index (χ3v) is 4.30. The molecule has 5 heteroatoms. The molecule has 0 saturated carbocycles. The molecule has 27 heavy (non-hydrogen) atoms. The average molecular weight is 363 g/mol. The predicted octanol–water partition coefficient (Wildman–Crippen LogP) is 3.70. The van der Waals surface area contributed by atoms with Gasteiger partial charge in [-0.1, -0.05) is 48.5 Å². The van der Waals surface area contributed by atoms with Gasteiger partial charge in [-0.15, -0.1) is 0 Å². The van der Waals surface area contributed by atoms with E-state index in [0.29, 0.717) is 19.6 Å². The molecule has 3 rings (SSSR count). The van der Waals surface area contributed by atoms with Crippen LogP contribution in [-0.4, -0.2) is 28.8 Å². The Morgan fingerprint density at radius 2 is 1.81 bits per heavy atom. The van der Waals surface area contributed by atoms with Gasteiger partial charge in [0.25, 0.3) is 0 Å². The molecule has 0 saturated heterocycles. The summed E-state index contributed by atoms with van der Waals surface area (Å²) in [6.45, 7) is 3.26. The normalized spacial score (nSPS) is 11.9. The van der Waals surface area contributed by atoms with Gasteiger partial charge in [0, 0.05) is 19.3 Å². The first-order valence-electron chi connectivity index (χ1n) is 9.24. The van der Waals surface area contributed by atoms with Gasteiger partial charge in [-0.25, -0.2) is 4.68 Å². The number of carbonyl (C=O) groups is 1. The number of carbonyl (C=O) groups excluding carboxylic acids is 1. The molecule has 1 amide bonds. The number of nitrogens with zero attached hydrogens (tertiary/aromatic N) is 2. The maximum absolute atomic E-state index is 12.1. The molecule has 5 nitrogen and oxygen atoms in total. The lowest BCUT2D eigenvalue weighted by Crippen LogP contribution is -2.26. The smallest absolute Gasteiger partial charge is 0.224 e. The van der Waals surface area contributed by atoms with E-state index in [1.165, 1.54) is 0 Å². The van der Waals surface area contributed by atoms with Crippen molar-refractivity contribution >= 4 is 5.91 Å². The minimum atomic E-state index is -0.00119. The van der Waals surface area contributed by atoms with Gasteiger partial charge in [0.1, 0.15) is 0 Å². The zero-order valence-electron chi connectivity index (χ0n) is 15.5. The van der Waals surface area contributed by atoms with Crippen LogP contribution in [0.5, 0.6) is 0 Å². The molecule has 0 aliphatic carbocycles. The SMILES string of the molecule is CC(OCCCNC(=O)Cc1cnn(-c2ccccc2)c1)c1ccccc1. The first-order valence-corrected chi connectivity index (χ1v) is 9.24. The summed E-state index contributed by atoms with van der Waals surface area (Å²) < 4.78 is 7.60. The molecular weight excluding hydrogens is 338 g/mol. The summed E-state index contributed by atoms with van der Waals surface area (Å²) >= 11 is 0. The molecule has 1 aromatic heterocycles. The molecule has 3 aromatic rings. The van der Waals surface area contributed by atoms with Crippen LogP contribution >= 0.6 is 0 Å². The molecule has 0 spiro atoms. The van der Waals surface area contributed by atoms with Gasteiger partial charge >= 0.3 is 0 Å². The van der Waals surface area contributed by atoms with Gasteiger partial charge in [0.2, 0.25) is 5.91 Å². The van der Waals surface area contributed by atoms with E-state index in [4.69, 9.17) is 4.74 Å². The summed E-state index contributed by atoms with van der Waals surface area (Å²) in [6.07, 6.45) is 4.79. The largest absolute Gasteiger partial charge is 0.374 e. The van der Waals surface area contributed by atoms with Crippen molar-refractivity contribution < 1.29 is 9.53 Å². The van der Waals surface area contributed by atoms with Gasteiger partial charge in [0.05, 0.1) is 24.4 Å². The molecule has 0 radical (unpaired) electrons. The van der Waals surface area contributed by atoms with Crippen molar-refractivity contribution in [2.24, 2.45) is 0 Å². The van der Waals surface area contributed by atoms with Crippen LogP contribution in [0.3, 0.4) is 0 Å². The summed E-state index contributed by atoms with van der Waals surface area (Å²) in [5, 5.41) is 7.25. The van der Waals surface area contributed by atoms with Crippen molar-refractivity contribution in [2.75, 3.05) is 13.2 Å². The number of amides is 1. The molecule has 1 atom stereocenters. The second-order valence-corrected chi connectivity index (χ2v) is 6.43. The predicted molar refractivity (Wildman–Crippen MR) is 106 cm³/mol. The lowest BCUT2D eigenvalue weighted by Gasteiger charge is -2.13. The highest BCUT2D eigenvalue weighted by Gasteiger charge is 2.07. The number of nitrogens with one attached hydrogen (secondary N) is 1. The third-order valence-electron chi connectivity index (χ3n) is 4.30. The fourth-order valence-electron chi connectivity index (χ4n) is 2.80. The Hall–Kier alpha value is -2.92. The number of hydrogen-bond acceptors (Lipinski definition) is 3. The Morgan fingerprint density at radius 3 is 2.56 bits per heavy atom.